The van der Waals surface area contributed by atoms with E-state index in [1.54, 1.807) is 0 Å². The number of aromatic nitrogens is 1. The van der Waals surface area contributed by atoms with Crippen LogP contribution in [0.15, 0.2) is 18.2 Å². The van der Waals surface area contributed by atoms with Crippen molar-refractivity contribution in [3.8, 4) is 0 Å². The molecule has 0 bridgehead atoms. The summed E-state index contributed by atoms with van der Waals surface area (Å²) in [7, 11) is 0. The standard InChI is InChI=1S/C11H19N3/c1-4-14(9(2)3)8-10-6-5-7-11(12)13-10/h5-7,9H,4,8H2,1-3H3,(H2,12,13). The molecule has 0 radical (unpaired) electrons. The summed E-state index contributed by atoms with van der Waals surface area (Å²) in [6.45, 7) is 8.45. The van der Waals surface area contributed by atoms with Gasteiger partial charge in [0.15, 0.2) is 0 Å². The van der Waals surface area contributed by atoms with Crippen molar-refractivity contribution < 1.29 is 0 Å². The van der Waals surface area contributed by atoms with Crippen LogP contribution >= 0.6 is 0 Å². The lowest BCUT2D eigenvalue weighted by Gasteiger charge is -2.24. The smallest absolute Gasteiger partial charge is 0.123 e. The van der Waals surface area contributed by atoms with E-state index in [0.29, 0.717) is 11.9 Å². The van der Waals surface area contributed by atoms with Crippen LogP contribution in [0.4, 0.5) is 5.82 Å². The average molecular weight is 193 g/mol. The Morgan fingerprint density at radius 3 is 2.64 bits per heavy atom. The van der Waals surface area contributed by atoms with Gasteiger partial charge < -0.3 is 5.73 Å². The van der Waals surface area contributed by atoms with Crippen LogP contribution in [0, 0.1) is 0 Å². The van der Waals surface area contributed by atoms with Gasteiger partial charge in [-0.1, -0.05) is 13.0 Å². The quantitative estimate of drug-likeness (QED) is 0.794. The molecule has 14 heavy (non-hydrogen) atoms. The largest absolute Gasteiger partial charge is 0.384 e. The Balaban J connectivity index is 2.67. The highest BCUT2D eigenvalue weighted by Gasteiger charge is 2.07. The minimum Gasteiger partial charge on any atom is -0.384 e. The van der Waals surface area contributed by atoms with E-state index in [0.717, 1.165) is 18.8 Å². The molecule has 2 N–H and O–H groups in total. The number of hydrogen-bond donors (Lipinski definition) is 1. The minimum atomic E-state index is 0.545. The first-order valence-corrected chi connectivity index (χ1v) is 5.09. The summed E-state index contributed by atoms with van der Waals surface area (Å²) < 4.78 is 0. The number of nitrogens with two attached hydrogens (primary N) is 1. The van der Waals surface area contributed by atoms with Gasteiger partial charge in [-0.25, -0.2) is 4.98 Å². The third kappa shape index (κ3) is 3.00. The van der Waals surface area contributed by atoms with E-state index >= 15 is 0 Å². The number of nitrogen functional groups attached to an aromatic ring is 1. The van der Waals surface area contributed by atoms with Crippen molar-refractivity contribution in [3.63, 3.8) is 0 Å². The molecule has 0 unspecified atom stereocenters. The third-order valence-corrected chi connectivity index (χ3v) is 2.33. The Morgan fingerprint density at radius 2 is 2.14 bits per heavy atom. The average Bonchev–Trinajstić information content (AvgIpc) is 2.14. The van der Waals surface area contributed by atoms with Gasteiger partial charge in [-0.3, -0.25) is 4.90 Å². The molecule has 0 aliphatic rings. The molecule has 0 atom stereocenters. The van der Waals surface area contributed by atoms with Gasteiger partial charge in [0.2, 0.25) is 0 Å². The highest BCUT2D eigenvalue weighted by Crippen LogP contribution is 2.07. The minimum absolute atomic E-state index is 0.545. The second-order valence-electron chi connectivity index (χ2n) is 3.71. The lowest BCUT2D eigenvalue weighted by Crippen LogP contribution is -2.30. The molecule has 1 aromatic heterocycles. The fourth-order valence-corrected chi connectivity index (χ4v) is 1.45. The fraction of sp³-hybridized carbons (Fsp3) is 0.545. The first kappa shape index (κ1) is 11.0. The number of pyridine rings is 1. The van der Waals surface area contributed by atoms with Crippen molar-refractivity contribution >= 4 is 5.82 Å². The van der Waals surface area contributed by atoms with Crippen LogP contribution in [0.3, 0.4) is 0 Å². The summed E-state index contributed by atoms with van der Waals surface area (Å²) in [5.41, 5.74) is 6.66. The Labute approximate surface area is 85.9 Å². The second kappa shape index (κ2) is 4.96. The molecular formula is C11H19N3. The van der Waals surface area contributed by atoms with Crippen LogP contribution in [0.5, 0.6) is 0 Å². The molecule has 1 heterocycles. The molecule has 0 spiro atoms. The van der Waals surface area contributed by atoms with Gasteiger partial charge in [-0.05, 0) is 32.5 Å². The van der Waals surface area contributed by atoms with E-state index in [1.165, 1.54) is 0 Å². The van der Waals surface area contributed by atoms with Gasteiger partial charge in [0.1, 0.15) is 5.82 Å². The van der Waals surface area contributed by atoms with Gasteiger partial charge in [0.05, 0.1) is 5.69 Å². The Morgan fingerprint density at radius 1 is 1.43 bits per heavy atom. The monoisotopic (exact) mass is 193 g/mol. The molecule has 1 aromatic rings. The van der Waals surface area contributed by atoms with Crippen molar-refractivity contribution in [2.75, 3.05) is 12.3 Å². The number of anilines is 1. The van der Waals surface area contributed by atoms with Gasteiger partial charge in [-0.15, -0.1) is 0 Å². The van der Waals surface area contributed by atoms with Crippen molar-refractivity contribution in [3.05, 3.63) is 23.9 Å². The molecule has 0 amide bonds. The van der Waals surface area contributed by atoms with Crippen LogP contribution in [0.25, 0.3) is 0 Å². The Kier molecular flexibility index (Phi) is 3.89. The van der Waals surface area contributed by atoms with E-state index in [9.17, 15) is 0 Å². The highest BCUT2D eigenvalue weighted by atomic mass is 15.1. The zero-order chi connectivity index (χ0) is 10.6. The van der Waals surface area contributed by atoms with E-state index in [1.807, 2.05) is 18.2 Å². The SMILES string of the molecule is CCN(Cc1cccc(N)n1)C(C)C. The van der Waals surface area contributed by atoms with Crippen molar-refractivity contribution in [1.82, 2.24) is 9.88 Å². The summed E-state index contributed by atoms with van der Waals surface area (Å²) in [6.07, 6.45) is 0. The topological polar surface area (TPSA) is 42.1 Å². The van der Waals surface area contributed by atoms with E-state index in [-0.39, 0.29) is 0 Å². The van der Waals surface area contributed by atoms with Crippen LogP contribution in [-0.4, -0.2) is 22.5 Å². The van der Waals surface area contributed by atoms with Crippen LogP contribution < -0.4 is 5.73 Å². The molecule has 3 nitrogen and oxygen atoms in total. The van der Waals surface area contributed by atoms with E-state index < -0.39 is 0 Å². The zero-order valence-electron chi connectivity index (χ0n) is 9.20. The van der Waals surface area contributed by atoms with E-state index in [4.69, 9.17) is 5.73 Å². The van der Waals surface area contributed by atoms with Crippen LogP contribution in [0.2, 0.25) is 0 Å². The Bertz CT molecular complexity index is 284. The molecular weight excluding hydrogens is 174 g/mol. The normalized spacial score (nSPS) is 11.2. The maximum Gasteiger partial charge on any atom is 0.123 e. The van der Waals surface area contributed by atoms with Crippen LogP contribution in [0.1, 0.15) is 26.5 Å². The first-order chi connectivity index (χ1) is 6.63. The summed E-state index contributed by atoms with van der Waals surface area (Å²) in [5, 5.41) is 0. The molecule has 0 aliphatic carbocycles. The summed E-state index contributed by atoms with van der Waals surface area (Å²) >= 11 is 0. The van der Waals surface area contributed by atoms with Crippen LogP contribution in [-0.2, 0) is 6.54 Å². The molecule has 0 saturated heterocycles. The molecule has 1 rings (SSSR count). The zero-order valence-corrected chi connectivity index (χ0v) is 9.20. The Hall–Kier alpha value is -1.09. The van der Waals surface area contributed by atoms with E-state index in [2.05, 4.69) is 30.7 Å². The summed E-state index contributed by atoms with van der Waals surface area (Å²) in [4.78, 5) is 6.63. The van der Waals surface area contributed by atoms with Gasteiger partial charge >= 0.3 is 0 Å². The predicted octanol–water partition coefficient (Wildman–Crippen LogP) is 1.89. The van der Waals surface area contributed by atoms with Crippen molar-refractivity contribution in [2.24, 2.45) is 0 Å². The van der Waals surface area contributed by atoms with Gasteiger partial charge in [0, 0.05) is 12.6 Å². The summed E-state index contributed by atoms with van der Waals surface area (Å²) in [6, 6.07) is 6.32. The van der Waals surface area contributed by atoms with Gasteiger partial charge in [-0.2, -0.15) is 0 Å². The molecule has 78 valence electrons. The maximum absolute atomic E-state index is 5.62. The number of hydrogen-bond acceptors (Lipinski definition) is 3. The molecule has 0 fully saturated rings. The summed E-state index contributed by atoms with van der Waals surface area (Å²) in [5.74, 6) is 0.599. The maximum atomic E-state index is 5.62. The predicted molar refractivity (Wildman–Crippen MR) is 59.9 cm³/mol. The highest BCUT2D eigenvalue weighted by molar-refractivity contribution is 5.28. The van der Waals surface area contributed by atoms with Crippen molar-refractivity contribution in [1.29, 1.82) is 0 Å². The third-order valence-electron chi connectivity index (χ3n) is 2.33. The molecule has 0 saturated carbocycles. The first-order valence-electron chi connectivity index (χ1n) is 5.09. The lowest BCUT2D eigenvalue weighted by atomic mass is 10.2. The number of nitrogens with zero attached hydrogens (tertiary/aromatic N) is 2. The fourth-order valence-electron chi connectivity index (χ4n) is 1.45. The van der Waals surface area contributed by atoms with Gasteiger partial charge in [0.25, 0.3) is 0 Å². The lowest BCUT2D eigenvalue weighted by molar-refractivity contribution is 0.222. The molecule has 0 aromatic carbocycles. The number of rotatable bonds is 4. The molecule has 3 heteroatoms. The second-order valence-corrected chi connectivity index (χ2v) is 3.71. The molecule has 0 aliphatic heterocycles. The van der Waals surface area contributed by atoms with Crippen molar-refractivity contribution in [2.45, 2.75) is 33.4 Å².